The molecule has 2 aromatic rings. The van der Waals surface area contributed by atoms with Crippen molar-refractivity contribution in [2.45, 2.75) is 19.5 Å². The Morgan fingerprint density at radius 1 is 1.38 bits per heavy atom. The second-order valence-corrected chi connectivity index (χ2v) is 5.88. The average Bonchev–Trinajstić information content (AvgIpc) is 3.16. The molecule has 0 aliphatic heterocycles. The van der Waals surface area contributed by atoms with Gasteiger partial charge in [0.25, 0.3) is 5.91 Å². The molecule has 0 fully saturated rings. The first-order valence-corrected chi connectivity index (χ1v) is 7.93. The molecule has 0 saturated heterocycles. The number of furan rings is 1. The maximum absolute atomic E-state index is 12.4. The summed E-state index contributed by atoms with van der Waals surface area (Å²) >= 11 is 0. The van der Waals surface area contributed by atoms with Crippen LogP contribution in [-0.4, -0.2) is 48.2 Å². The Kier molecular flexibility index (Phi) is 6.10. The third-order valence-electron chi connectivity index (χ3n) is 3.69. The summed E-state index contributed by atoms with van der Waals surface area (Å²) in [6, 6.07) is 5.50. The van der Waals surface area contributed by atoms with Crippen molar-refractivity contribution in [2.24, 2.45) is 0 Å². The molecule has 0 aliphatic carbocycles. The largest absolute Gasteiger partial charge is 0.443 e. The third-order valence-corrected chi connectivity index (χ3v) is 3.69. The molecule has 0 radical (unpaired) electrons. The highest BCUT2D eigenvalue weighted by atomic mass is 19.4. The number of carbonyl (C=O) groups excluding carboxylic acids is 1. The van der Waals surface area contributed by atoms with Gasteiger partial charge in [-0.3, -0.25) is 14.3 Å². The molecule has 0 saturated carbocycles. The van der Waals surface area contributed by atoms with Crippen molar-refractivity contribution >= 4 is 5.91 Å². The Morgan fingerprint density at radius 3 is 2.62 bits per heavy atom. The lowest BCUT2D eigenvalue weighted by atomic mass is 10.1. The molecule has 0 spiro atoms. The fourth-order valence-corrected chi connectivity index (χ4v) is 2.58. The predicted molar refractivity (Wildman–Crippen MR) is 88.0 cm³/mol. The smallest absolute Gasteiger partial charge is 0.401 e. The molecule has 6 nitrogen and oxygen atoms in total. The Bertz CT molecular complexity index is 788. The van der Waals surface area contributed by atoms with Crippen molar-refractivity contribution in [2.75, 3.05) is 26.7 Å². The van der Waals surface area contributed by atoms with E-state index in [2.05, 4.69) is 5.32 Å². The molecule has 1 amide bonds. The van der Waals surface area contributed by atoms with Crippen LogP contribution in [0.2, 0.25) is 0 Å². The summed E-state index contributed by atoms with van der Waals surface area (Å²) in [5.41, 5.74) is 0.255. The van der Waals surface area contributed by atoms with Crippen LogP contribution in [0.15, 0.2) is 28.9 Å². The second kappa shape index (κ2) is 8.10. The van der Waals surface area contributed by atoms with Gasteiger partial charge >= 0.3 is 6.18 Å². The van der Waals surface area contributed by atoms with Crippen LogP contribution in [0.25, 0.3) is 5.88 Å². The van der Waals surface area contributed by atoms with Crippen LogP contribution in [-0.2, 0) is 0 Å². The number of nitriles is 1. The molecule has 26 heavy (non-hydrogen) atoms. The van der Waals surface area contributed by atoms with E-state index in [-0.39, 0.29) is 30.1 Å². The van der Waals surface area contributed by atoms with Gasteiger partial charge in [0.1, 0.15) is 23.0 Å². The van der Waals surface area contributed by atoms with Gasteiger partial charge in [0, 0.05) is 18.9 Å². The van der Waals surface area contributed by atoms with E-state index in [0.717, 1.165) is 4.90 Å². The Morgan fingerprint density at radius 2 is 2.04 bits per heavy atom. The second-order valence-electron chi connectivity index (χ2n) is 5.88. The van der Waals surface area contributed by atoms with Crippen LogP contribution in [0.3, 0.4) is 0 Å². The highest BCUT2D eigenvalue weighted by Crippen LogP contribution is 2.25. The molecule has 2 aromatic heterocycles. The zero-order chi connectivity index (χ0) is 19.3. The molecule has 9 heteroatoms. The number of nitrogens with one attached hydrogen (secondary N) is 1. The van der Waals surface area contributed by atoms with E-state index in [1.54, 1.807) is 36.0 Å². The molecule has 1 N–H and O–H groups in total. The van der Waals surface area contributed by atoms with E-state index in [1.165, 1.54) is 7.05 Å². The van der Waals surface area contributed by atoms with Crippen LogP contribution < -0.4 is 5.32 Å². The third kappa shape index (κ3) is 4.89. The van der Waals surface area contributed by atoms with Crippen molar-refractivity contribution < 1.29 is 22.4 Å². The molecule has 0 aromatic carbocycles. The monoisotopic (exact) mass is 368 g/mol. The summed E-state index contributed by atoms with van der Waals surface area (Å²) < 4.78 is 43.9. The SMILES string of the molecule is Cc1oc(-n2cccc2)c(C#N)c1C(=O)NCCCN(C)CC(F)(F)F. The molecule has 2 heterocycles. The quantitative estimate of drug-likeness (QED) is 0.763. The van der Waals surface area contributed by atoms with Gasteiger partial charge in [0.15, 0.2) is 0 Å². The summed E-state index contributed by atoms with van der Waals surface area (Å²) in [6.07, 6.45) is -0.515. The summed E-state index contributed by atoms with van der Waals surface area (Å²) in [6.45, 7) is 0.958. The van der Waals surface area contributed by atoms with E-state index >= 15 is 0 Å². The van der Waals surface area contributed by atoms with E-state index in [0.29, 0.717) is 12.2 Å². The first kappa shape index (κ1) is 19.6. The van der Waals surface area contributed by atoms with Gasteiger partial charge in [-0.15, -0.1) is 0 Å². The van der Waals surface area contributed by atoms with Crippen LogP contribution in [0.5, 0.6) is 0 Å². The highest BCUT2D eigenvalue weighted by molar-refractivity contribution is 5.98. The van der Waals surface area contributed by atoms with E-state index < -0.39 is 18.6 Å². The van der Waals surface area contributed by atoms with Crippen LogP contribution in [0.1, 0.15) is 28.1 Å². The molecular weight excluding hydrogens is 349 g/mol. The number of rotatable bonds is 7. The van der Waals surface area contributed by atoms with E-state index in [9.17, 15) is 23.2 Å². The topological polar surface area (TPSA) is 74.2 Å². The normalized spacial score (nSPS) is 11.6. The maximum atomic E-state index is 12.4. The van der Waals surface area contributed by atoms with Crippen molar-refractivity contribution in [3.8, 4) is 12.0 Å². The molecule has 0 atom stereocenters. The molecule has 0 aliphatic rings. The first-order chi connectivity index (χ1) is 12.2. The molecular formula is C17H19F3N4O2. The standard InChI is InChI=1S/C17H19F3N4O2/c1-12-14(13(10-21)16(26-12)24-8-3-4-9-24)15(25)22-6-5-7-23(2)11-17(18,19)20/h3-4,8-9H,5-7,11H2,1-2H3,(H,22,25). The van der Waals surface area contributed by atoms with Crippen LogP contribution in [0, 0.1) is 18.3 Å². The summed E-state index contributed by atoms with van der Waals surface area (Å²) in [4.78, 5) is 13.5. The van der Waals surface area contributed by atoms with Crippen LogP contribution in [0.4, 0.5) is 13.2 Å². The van der Waals surface area contributed by atoms with Gasteiger partial charge in [-0.25, -0.2) is 0 Å². The number of carbonyl (C=O) groups is 1. The zero-order valence-electron chi connectivity index (χ0n) is 14.4. The Balaban J connectivity index is 1.97. The van der Waals surface area contributed by atoms with Crippen molar-refractivity contribution in [3.63, 3.8) is 0 Å². The number of aryl methyl sites for hydroxylation is 1. The number of hydrogen-bond acceptors (Lipinski definition) is 4. The lowest BCUT2D eigenvalue weighted by Crippen LogP contribution is -2.34. The lowest BCUT2D eigenvalue weighted by molar-refractivity contribution is -0.143. The minimum atomic E-state index is -4.25. The Labute approximate surface area is 148 Å². The van der Waals surface area contributed by atoms with Gasteiger partial charge in [-0.2, -0.15) is 18.4 Å². The average molecular weight is 368 g/mol. The highest BCUT2D eigenvalue weighted by Gasteiger charge is 2.29. The molecule has 140 valence electrons. The van der Waals surface area contributed by atoms with Gasteiger partial charge in [-0.05, 0) is 39.1 Å². The molecule has 0 unspecified atom stereocenters. The van der Waals surface area contributed by atoms with Gasteiger partial charge in [-0.1, -0.05) is 0 Å². The van der Waals surface area contributed by atoms with Gasteiger partial charge in [0.2, 0.25) is 5.88 Å². The zero-order valence-corrected chi connectivity index (χ0v) is 14.4. The number of amides is 1. The number of aromatic nitrogens is 1. The fraction of sp³-hybridized carbons (Fsp3) is 0.412. The van der Waals surface area contributed by atoms with Gasteiger partial charge in [0.05, 0.1) is 6.54 Å². The fourth-order valence-electron chi connectivity index (χ4n) is 2.58. The minimum absolute atomic E-state index is 0.116. The van der Waals surface area contributed by atoms with Crippen molar-refractivity contribution in [1.29, 1.82) is 5.26 Å². The minimum Gasteiger partial charge on any atom is -0.443 e. The predicted octanol–water partition coefficient (Wildman–Crippen LogP) is 2.86. The molecule has 0 bridgehead atoms. The molecule has 2 rings (SSSR count). The van der Waals surface area contributed by atoms with Crippen molar-refractivity contribution in [1.82, 2.24) is 14.8 Å². The first-order valence-electron chi connectivity index (χ1n) is 7.93. The number of alkyl halides is 3. The summed E-state index contributed by atoms with van der Waals surface area (Å²) in [7, 11) is 1.37. The number of hydrogen-bond donors (Lipinski definition) is 1. The number of nitrogens with zero attached hydrogens (tertiary/aromatic N) is 3. The van der Waals surface area contributed by atoms with Gasteiger partial charge < -0.3 is 9.73 Å². The van der Waals surface area contributed by atoms with Crippen molar-refractivity contribution in [3.05, 3.63) is 41.4 Å². The van der Waals surface area contributed by atoms with Crippen LogP contribution >= 0.6 is 0 Å². The summed E-state index contributed by atoms with van der Waals surface area (Å²) in [5.74, 6) is 0.0710. The summed E-state index contributed by atoms with van der Waals surface area (Å²) in [5, 5.41) is 12.0. The number of halogens is 3. The lowest BCUT2D eigenvalue weighted by Gasteiger charge is -2.18. The Hall–Kier alpha value is -2.73. The maximum Gasteiger partial charge on any atom is 0.401 e. The van der Waals surface area contributed by atoms with E-state index in [1.807, 2.05) is 6.07 Å². The van der Waals surface area contributed by atoms with E-state index in [4.69, 9.17) is 4.42 Å².